The molecule has 5 rings (SSSR count). The Balaban J connectivity index is 1.79. The first-order chi connectivity index (χ1) is 15.9. The number of aromatic nitrogens is 1. The lowest BCUT2D eigenvalue weighted by Crippen LogP contribution is -2.26. The van der Waals surface area contributed by atoms with Crippen LogP contribution in [0.2, 0.25) is 0 Å². The van der Waals surface area contributed by atoms with Crippen molar-refractivity contribution in [2.24, 2.45) is 0 Å². The molecule has 170 valence electrons. The Morgan fingerprint density at radius 1 is 1.18 bits per heavy atom. The largest absolute Gasteiger partial charge is 0.492 e. The lowest BCUT2D eigenvalue weighted by atomic mass is 9.87. The Kier molecular flexibility index (Phi) is 4.85. The molecule has 1 amide bonds. The highest BCUT2D eigenvalue weighted by Crippen LogP contribution is 2.54. The van der Waals surface area contributed by atoms with Crippen LogP contribution in [-0.2, 0) is 4.79 Å². The van der Waals surface area contributed by atoms with Crippen LogP contribution in [0.4, 0.5) is 10.1 Å². The molecular weight excluding hydrogens is 435 g/mol. The molecule has 2 aliphatic rings. The molecule has 1 unspecified atom stereocenters. The van der Waals surface area contributed by atoms with Crippen molar-refractivity contribution in [3.8, 4) is 28.7 Å². The number of benzene rings is 2. The first-order valence-electron chi connectivity index (χ1n) is 10.0. The molecule has 1 aromatic heterocycles. The number of carbonyl (C=O) groups is 2. The van der Waals surface area contributed by atoms with Gasteiger partial charge in [-0.2, -0.15) is 0 Å². The fourth-order valence-electron chi connectivity index (χ4n) is 4.37. The highest BCUT2D eigenvalue weighted by molar-refractivity contribution is 6.04. The van der Waals surface area contributed by atoms with E-state index in [1.165, 1.54) is 44.7 Å². The summed E-state index contributed by atoms with van der Waals surface area (Å²) in [5.74, 6) is -1.14. The van der Waals surface area contributed by atoms with Crippen molar-refractivity contribution in [2.75, 3.05) is 26.3 Å². The second-order valence-electron chi connectivity index (χ2n) is 7.53. The SMILES string of the molecule is COc1c(C2CC(=O)Nc3c(C(=O)O)cn(-c4ccc(F)cc4)c32)cc2c(c1OC)OCO2. The highest BCUT2D eigenvalue weighted by atomic mass is 19.1. The molecule has 1 atom stereocenters. The van der Waals surface area contributed by atoms with Crippen molar-refractivity contribution >= 4 is 17.6 Å². The van der Waals surface area contributed by atoms with Crippen LogP contribution in [0.1, 0.15) is 34.0 Å². The molecule has 0 aliphatic carbocycles. The summed E-state index contributed by atoms with van der Waals surface area (Å²) in [6, 6.07) is 7.34. The number of hydrogen-bond acceptors (Lipinski definition) is 6. The van der Waals surface area contributed by atoms with E-state index in [9.17, 15) is 19.1 Å². The van der Waals surface area contributed by atoms with Gasteiger partial charge in [0.1, 0.15) is 11.4 Å². The van der Waals surface area contributed by atoms with Gasteiger partial charge in [0, 0.05) is 29.8 Å². The zero-order chi connectivity index (χ0) is 23.3. The Bertz CT molecular complexity index is 1280. The maximum Gasteiger partial charge on any atom is 0.339 e. The number of carbonyl (C=O) groups excluding carboxylic acids is 1. The monoisotopic (exact) mass is 454 g/mol. The summed E-state index contributed by atoms with van der Waals surface area (Å²) in [4.78, 5) is 24.7. The van der Waals surface area contributed by atoms with Crippen LogP contribution in [0.15, 0.2) is 36.5 Å². The van der Waals surface area contributed by atoms with E-state index in [0.29, 0.717) is 39.9 Å². The van der Waals surface area contributed by atoms with E-state index in [1.54, 1.807) is 10.6 Å². The molecule has 3 aromatic rings. The summed E-state index contributed by atoms with van der Waals surface area (Å²) < 4.78 is 37.4. The van der Waals surface area contributed by atoms with Gasteiger partial charge in [0.15, 0.2) is 11.5 Å². The number of methoxy groups -OCH3 is 2. The van der Waals surface area contributed by atoms with Crippen molar-refractivity contribution in [3.05, 3.63) is 59.2 Å². The van der Waals surface area contributed by atoms with Gasteiger partial charge in [-0.3, -0.25) is 4.79 Å². The first kappa shape index (κ1) is 20.7. The van der Waals surface area contributed by atoms with E-state index in [0.717, 1.165) is 0 Å². The van der Waals surface area contributed by atoms with Gasteiger partial charge in [-0.05, 0) is 30.3 Å². The predicted octanol–water partition coefficient (Wildman–Crippen LogP) is 3.53. The van der Waals surface area contributed by atoms with Crippen molar-refractivity contribution < 1.29 is 38.0 Å². The molecule has 33 heavy (non-hydrogen) atoms. The van der Waals surface area contributed by atoms with Gasteiger partial charge in [0.05, 0.1) is 25.6 Å². The number of carboxylic acids is 1. The Labute approximate surface area is 187 Å². The minimum absolute atomic E-state index is 0.00379. The zero-order valence-electron chi connectivity index (χ0n) is 17.7. The minimum Gasteiger partial charge on any atom is -0.492 e. The third kappa shape index (κ3) is 3.22. The van der Waals surface area contributed by atoms with E-state index in [1.807, 2.05) is 0 Å². The summed E-state index contributed by atoms with van der Waals surface area (Å²) in [5.41, 5.74) is 1.70. The molecule has 0 radical (unpaired) electrons. The zero-order valence-corrected chi connectivity index (χ0v) is 17.7. The number of carboxylic acid groups (broad SMARTS) is 1. The predicted molar refractivity (Wildman–Crippen MR) is 113 cm³/mol. The molecule has 0 fully saturated rings. The average Bonchev–Trinajstić information content (AvgIpc) is 3.42. The molecular formula is C23H19FN2O7. The van der Waals surface area contributed by atoms with E-state index in [-0.39, 0.29) is 30.4 Å². The number of halogens is 1. The van der Waals surface area contributed by atoms with E-state index < -0.39 is 17.7 Å². The molecule has 3 heterocycles. The molecule has 10 heteroatoms. The van der Waals surface area contributed by atoms with Gasteiger partial charge in [-0.25, -0.2) is 9.18 Å². The quantitative estimate of drug-likeness (QED) is 0.607. The van der Waals surface area contributed by atoms with Gasteiger partial charge in [0.25, 0.3) is 0 Å². The number of aromatic carboxylic acids is 1. The van der Waals surface area contributed by atoms with Gasteiger partial charge < -0.3 is 33.9 Å². The van der Waals surface area contributed by atoms with Crippen LogP contribution in [0, 0.1) is 5.82 Å². The third-order valence-electron chi connectivity index (χ3n) is 5.75. The first-order valence-corrected chi connectivity index (χ1v) is 10.0. The van der Waals surface area contributed by atoms with Gasteiger partial charge in [-0.15, -0.1) is 0 Å². The topological polar surface area (TPSA) is 108 Å². The van der Waals surface area contributed by atoms with Crippen molar-refractivity contribution in [3.63, 3.8) is 0 Å². The van der Waals surface area contributed by atoms with E-state index in [2.05, 4.69) is 5.32 Å². The maximum atomic E-state index is 13.6. The lowest BCUT2D eigenvalue weighted by molar-refractivity contribution is -0.116. The number of amides is 1. The fraction of sp³-hybridized carbons (Fsp3) is 0.217. The number of nitrogens with one attached hydrogen (secondary N) is 1. The van der Waals surface area contributed by atoms with Crippen LogP contribution < -0.4 is 24.3 Å². The van der Waals surface area contributed by atoms with Crippen LogP contribution in [0.25, 0.3) is 5.69 Å². The number of anilines is 1. The molecule has 9 nitrogen and oxygen atoms in total. The Morgan fingerprint density at radius 3 is 2.58 bits per heavy atom. The van der Waals surface area contributed by atoms with Crippen LogP contribution in [-0.4, -0.2) is 42.6 Å². The van der Waals surface area contributed by atoms with Crippen molar-refractivity contribution in [1.82, 2.24) is 4.57 Å². The van der Waals surface area contributed by atoms with E-state index in [4.69, 9.17) is 18.9 Å². The van der Waals surface area contributed by atoms with E-state index >= 15 is 0 Å². The van der Waals surface area contributed by atoms with Crippen molar-refractivity contribution in [1.29, 1.82) is 0 Å². The smallest absolute Gasteiger partial charge is 0.339 e. The number of nitrogens with zero attached hydrogens (tertiary/aromatic N) is 1. The Morgan fingerprint density at radius 2 is 1.91 bits per heavy atom. The molecule has 2 aromatic carbocycles. The molecule has 0 spiro atoms. The summed E-state index contributed by atoms with van der Waals surface area (Å²) in [5, 5.41) is 12.5. The van der Waals surface area contributed by atoms with Crippen LogP contribution >= 0.6 is 0 Å². The summed E-state index contributed by atoms with van der Waals surface area (Å²) in [6.45, 7) is 0.00379. The maximum absolute atomic E-state index is 13.6. The fourth-order valence-corrected chi connectivity index (χ4v) is 4.37. The number of hydrogen-bond donors (Lipinski definition) is 2. The van der Waals surface area contributed by atoms with Gasteiger partial charge in [0.2, 0.25) is 24.2 Å². The Hall–Kier alpha value is -4.21. The second-order valence-corrected chi connectivity index (χ2v) is 7.53. The summed E-state index contributed by atoms with van der Waals surface area (Å²) in [6.07, 6.45) is 1.42. The number of fused-ring (bicyclic) bond motifs is 2. The lowest BCUT2D eigenvalue weighted by Gasteiger charge is -2.28. The van der Waals surface area contributed by atoms with Crippen molar-refractivity contribution in [2.45, 2.75) is 12.3 Å². The molecule has 2 aliphatic heterocycles. The van der Waals surface area contributed by atoms with Crippen LogP contribution in [0.3, 0.4) is 0 Å². The molecule has 0 saturated carbocycles. The normalized spacial score (nSPS) is 16.2. The molecule has 2 N–H and O–H groups in total. The van der Waals surface area contributed by atoms with Gasteiger partial charge >= 0.3 is 5.97 Å². The molecule has 0 bridgehead atoms. The number of rotatable bonds is 5. The second kappa shape index (κ2) is 7.73. The number of ether oxygens (including phenoxy) is 4. The van der Waals surface area contributed by atoms with Gasteiger partial charge in [-0.1, -0.05) is 0 Å². The highest BCUT2D eigenvalue weighted by Gasteiger charge is 2.38. The third-order valence-corrected chi connectivity index (χ3v) is 5.75. The summed E-state index contributed by atoms with van der Waals surface area (Å²) >= 11 is 0. The molecule has 0 saturated heterocycles. The standard InChI is InChI=1S/C23H19FN2O7/c1-30-20-14(7-16-21(22(20)31-2)33-10-32-16)13-8-17(27)25-18-15(23(28)29)9-26(19(13)18)12-5-3-11(24)4-6-12/h3-7,9,13H,8,10H2,1-2H3,(H,25,27)(H,28,29). The minimum atomic E-state index is -1.21. The van der Waals surface area contributed by atoms with Crippen LogP contribution in [0.5, 0.6) is 23.0 Å². The summed E-state index contributed by atoms with van der Waals surface area (Å²) in [7, 11) is 2.93. The average molecular weight is 454 g/mol.